The fraction of sp³-hybridized carbons (Fsp3) is 0.348. The van der Waals surface area contributed by atoms with Gasteiger partial charge in [-0.2, -0.15) is 0 Å². The molecule has 3 aromatic rings. The van der Waals surface area contributed by atoms with Crippen LogP contribution in [0.5, 0.6) is 28.7 Å². The number of phenols is 2. The summed E-state index contributed by atoms with van der Waals surface area (Å²) < 4.78 is 27.6. The van der Waals surface area contributed by atoms with Crippen LogP contribution in [0.15, 0.2) is 39.5 Å². The van der Waals surface area contributed by atoms with Gasteiger partial charge in [-0.25, -0.2) is 0 Å². The zero-order valence-corrected chi connectivity index (χ0v) is 18.6. The Morgan fingerprint density at radius 2 is 1.57 bits per heavy atom. The number of aliphatic hydroxyl groups excluding tert-OH is 4. The van der Waals surface area contributed by atoms with Crippen molar-refractivity contribution in [3.63, 3.8) is 0 Å². The number of ether oxygens (including phenoxy) is 4. The molecule has 1 fully saturated rings. The third-order valence-electron chi connectivity index (χ3n) is 5.62. The van der Waals surface area contributed by atoms with Crippen LogP contribution in [0.25, 0.3) is 22.3 Å². The van der Waals surface area contributed by atoms with E-state index in [-0.39, 0.29) is 39.7 Å². The van der Waals surface area contributed by atoms with Crippen molar-refractivity contribution >= 4 is 11.0 Å². The predicted octanol–water partition coefficient (Wildman–Crippen LogP) is 0.0671. The van der Waals surface area contributed by atoms with Gasteiger partial charge in [-0.1, -0.05) is 0 Å². The molecule has 0 saturated carbocycles. The molecule has 5 unspecified atom stereocenters. The number of aliphatic hydroxyl groups is 4. The van der Waals surface area contributed by atoms with Crippen LogP contribution in [0.3, 0.4) is 0 Å². The van der Waals surface area contributed by atoms with Gasteiger partial charge in [0.1, 0.15) is 52.6 Å². The van der Waals surface area contributed by atoms with Gasteiger partial charge in [0.15, 0.2) is 16.9 Å². The van der Waals surface area contributed by atoms with Crippen molar-refractivity contribution in [3.05, 3.63) is 40.6 Å². The average Bonchev–Trinajstić information content (AvgIpc) is 2.83. The summed E-state index contributed by atoms with van der Waals surface area (Å²) in [7, 11) is 2.65. The number of benzene rings is 2. The Labute approximate surface area is 197 Å². The molecule has 1 aliphatic heterocycles. The van der Waals surface area contributed by atoms with Gasteiger partial charge in [-0.05, 0) is 12.1 Å². The van der Waals surface area contributed by atoms with Gasteiger partial charge in [-0.15, -0.1) is 0 Å². The van der Waals surface area contributed by atoms with Crippen LogP contribution in [-0.2, 0) is 4.74 Å². The van der Waals surface area contributed by atoms with E-state index < -0.39 is 48.5 Å². The fourth-order valence-corrected chi connectivity index (χ4v) is 3.82. The minimum Gasteiger partial charge on any atom is -0.508 e. The highest BCUT2D eigenvalue weighted by Gasteiger charge is 2.45. The van der Waals surface area contributed by atoms with E-state index in [1.165, 1.54) is 32.4 Å². The highest BCUT2D eigenvalue weighted by atomic mass is 16.7. The molecule has 4 rings (SSSR count). The second kappa shape index (κ2) is 9.60. The van der Waals surface area contributed by atoms with Gasteiger partial charge in [0.2, 0.25) is 12.0 Å². The summed E-state index contributed by atoms with van der Waals surface area (Å²) in [6.07, 6.45) is -7.56. The largest absolute Gasteiger partial charge is 0.508 e. The summed E-state index contributed by atoms with van der Waals surface area (Å²) in [6.45, 7) is -0.635. The standard InChI is InChI=1S/C23H24O12/c1-31-15-3-9(13-7-12(27)18-11(26)5-10(25)6-14(18)33-13)4-16(32-2)22(15)35-23-21(30)20(29)19(28)17(8-24)34-23/h3-7,17,19-21,23-26,28-30H,8H2,1-2H3. The third kappa shape index (κ3) is 4.45. The van der Waals surface area contributed by atoms with Gasteiger partial charge < -0.3 is 54.0 Å². The Hall–Kier alpha value is -3.55. The normalized spacial score (nSPS) is 24.3. The van der Waals surface area contributed by atoms with E-state index in [4.69, 9.17) is 23.4 Å². The van der Waals surface area contributed by atoms with E-state index in [0.717, 1.165) is 12.1 Å². The summed E-state index contributed by atoms with van der Waals surface area (Å²) in [6, 6.07) is 6.23. The quantitative estimate of drug-likeness (QED) is 0.272. The van der Waals surface area contributed by atoms with E-state index in [1.54, 1.807) is 0 Å². The lowest BCUT2D eigenvalue weighted by Gasteiger charge is -2.39. The summed E-state index contributed by atoms with van der Waals surface area (Å²) in [5, 5.41) is 59.3. The zero-order valence-electron chi connectivity index (χ0n) is 18.6. The maximum Gasteiger partial charge on any atom is 0.229 e. The summed E-state index contributed by atoms with van der Waals surface area (Å²) >= 11 is 0. The van der Waals surface area contributed by atoms with E-state index in [1.807, 2.05) is 0 Å². The topological polar surface area (TPSA) is 189 Å². The Morgan fingerprint density at radius 3 is 2.17 bits per heavy atom. The van der Waals surface area contributed by atoms with Crippen LogP contribution in [0, 0.1) is 0 Å². The lowest BCUT2D eigenvalue weighted by atomic mass is 9.99. The van der Waals surface area contributed by atoms with Crippen LogP contribution < -0.4 is 19.6 Å². The van der Waals surface area contributed by atoms with Crippen molar-refractivity contribution in [2.75, 3.05) is 20.8 Å². The highest BCUT2D eigenvalue weighted by molar-refractivity contribution is 5.86. The number of aromatic hydroxyl groups is 2. The second-order valence-corrected chi connectivity index (χ2v) is 7.84. The minimum atomic E-state index is -1.67. The molecule has 12 heteroatoms. The number of hydrogen-bond acceptors (Lipinski definition) is 12. The van der Waals surface area contributed by atoms with Crippen molar-refractivity contribution in [2.24, 2.45) is 0 Å². The molecular weight excluding hydrogens is 468 g/mol. The summed E-state index contributed by atoms with van der Waals surface area (Å²) in [5.74, 6) is -0.576. The molecule has 0 bridgehead atoms. The van der Waals surface area contributed by atoms with Gasteiger partial charge in [0, 0.05) is 23.8 Å². The van der Waals surface area contributed by atoms with E-state index >= 15 is 0 Å². The van der Waals surface area contributed by atoms with Crippen molar-refractivity contribution in [2.45, 2.75) is 30.7 Å². The van der Waals surface area contributed by atoms with E-state index in [0.29, 0.717) is 5.56 Å². The van der Waals surface area contributed by atoms with E-state index in [9.17, 15) is 35.4 Å². The summed E-state index contributed by atoms with van der Waals surface area (Å²) in [4.78, 5) is 12.6. The Bertz CT molecular complexity index is 1260. The molecule has 2 heterocycles. The maximum absolute atomic E-state index is 12.6. The smallest absolute Gasteiger partial charge is 0.229 e. The minimum absolute atomic E-state index is 0.0403. The summed E-state index contributed by atoms with van der Waals surface area (Å²) in [5.41, 5.74) is -0.301. The van der Waals surface area contributed by atoms with E-state index in [2.05, 4.69) is 0 Å². The third-order valence-corrected chi connectivity index (χ3v) is 5.62. The first-order valence-electron chi connectivity index (χ1n) is 10.4. The number of fused-ring (bicyclic) bond motifs is 1. The number of rotatable bonds is 6. The van der Waals surface area contributed by atoms with Crippen molar-refractivity contribution in [1.29, 1.82) is 0 Å². The Kier molecular flexibility index (Phi) is 6.74. The highest BCUT2D eigenvalue weighted by Crippen LogP contribution is 2.43. The van der Waals surface area contributed by atoms with Crippen LogP contribution in [0.1, 0.15) is 0 Å². The lowest BCUT2D eigenvalue weighted by Crippen LogP contribution is -2.60. The predicted molar refractivity (Wildman–Crippen MR) is 119 cm³/mol. The molecule has 2 aromatic carbocycles. The molecular formula is C23H24O12. The average molecular weight is 492 g/mol. The van der Waals surface area contributed by atoms with Crippen LogP contribution in [0.4, 0.5) is 0 Å². The first kappa shape index (κ1) is 24.6. The molecule has 1 aliphatic rings. The van der Waals surface area contributed by atoms with Gasteiger partial charge in [0.25, 0.3) is 0 Å². The van der Waals surface area contributed by atoms with Crippen molar-refractivity contribution < 1.29 is 54.0 Å². The van der Waals surface area contributed by atoms with Gasteiger partial charge in [0.05, 0.1) is 20.8 Å². The molecule has 6 N–H and O–H groups in total. The molecule has 35 heavy (non-hydrogen) atoms. The van der Waals surface area contributed by atoms with Gasteiger partial charge in [-0.3, -0.25) is 4.79 Å². The molecule has 0 radical (unpaired) electrons. The lowest BCUT2D eigenvalue weighted by molar-refractivity contribution is -0.277. The molecule has 1 aromatic heterocycles. The van der Waals surface area contributed by atoms with Crippen LogP contribution >= 0.6 is 0 Å². The SMILES string of the molecule is COc1cc(-c2cc(=O)c3c(O)cc(O)cc3o2)cc(OC)c1OC1OC(CO)C(O)C(O)C1O. The van der Waals surface area contributed by atoms with Crippen molar-refractivity contribution in [1.82, 2.24) is 0 Å². The Morgan fingerprint density at radius 1 is 0.914 bits per heavy atom. The number of methoxy groups -OCH3 is 2. The molecule has 1 saturated heterocycles. The molecule has 188 valence electrons. The molecule has 5 atom stereocenters. The number of phenolic OH excluding ortho intramolecular Hbond substituents is 2. The molecule has 0 spiro atoms. The maximum atomic E-state index is 12.6. The number of hydrogen-bond donors (Lipinski definition) is 6. The van der Waals surface area contributed by atoms with Crippen LogP contribution in [0.2, 0.25) is 0 Å². The first-order valence-corrected chi connectivity index (χ1v) is 10.4. The monoisotopic (exact) mass is 492 g/mol. The molecule has 12 nitrogen and oxygen atoms in total. The molecule has 0 aliphatic carbocycles. The van der Waals surface area contributed by atoms with Gasteiger partial charge >= 0.3 is 0 Å². The Balaban J connectivity index is 1.76. The van der Waals surface area contributed by atoms with Crippen LogP contribution in [-0.4, -0.2) is 82.2 Å². The molecule has 0 amide bonds. The fourth-order valence-electron chi connectivity index (χ4n) is 3.82. The van der Waals surface area contributed by atoms with Crippen molar-refractivity contribution in [3.8, 4) is 40.1 Å². The first-order chi connectivity index (χ1) is 16.7. The second-order valence-electron chi connectivity index (χ2n) is 7.84. The zero-order chi connectivity index (χ0) is 25.4.